The zero-order valence-corrected chi connectivity index (χ0v) is 15.7. The summed E-state index contributed by atoms with van der Waals surface area (Å²) < 4.78 is 7.25. The Labute approximate surface area is 158 Å². The molecule has 27 heavy (non-hydrogen) atoms. The van der Waals surface area contributed by atoms with Gasteiger partial charge in [0, 0.05) is 50.7 Å². The average Bonchev–Trinajstić information content (AvgIpc) is 3.21. The first-order valence-corrected chi connectivity index (χ1v) is 9.54. The average molecular weight is 367 g/mol. The molecule has 1 aliphatic heterocycles. The van der Waals surface area contributed by atoms with Crippen LogP contribution in [0, 0.1) is 0 Å². The summed E-state index contributed by atoms with van der Waals surface area (Å²) in [7, 11) is 0. The minimum atomic E-state index is -0.270. The predicted molar refractivity (Wildman–Crippen MR) is 104 cm³/mol. The van der Waals surface area contributed by atoms with E-state index in [-0.39, 0.29) is 5.63 Å². The number of piperazine rings is 1. The second-order valence-electron chi connectivity index (χ2n) is 7.05. The summed E-state index contributed by atoms with van der Waals surface area (Å²) in [5, 5.41) is 5.21. The fourth-order valence-corrected chi connectivity index (χ4v) is 3.63. The van der Waals surface area contributed by atoms with Crippen molar-refractivity contribution in [1.82, 2.24) is 24.6 Å². The zero-order chi connectivity index (χ0) is 18.6. The molecule has 1 saturated heterocycles. The van der Waals surface area contributed by atoms with E-state index < -0.39 is 0 Å². The van der Waals surface area contributed by atoms with E-state index in [1.807, 2.05) is 16.8 Å². The first-order valence-electron chi connectivity index (χ1n) is 9.54. The summed E-state index contributed by atoms with van der Waals surface area (Å²) in [5.74, 6) is 0. The van der Waals surface area contributed by atoms with Gasteiger partial charge in [-0.15, -0.1) is 0 Å². The van der Waals surface area contributed by atoms with Crippen LogP contribution in [0.5, 0.6) is 0 Å². The summed E-state index contributed by atoms with van der Waals surface area (Å²) >= 11 is 0. The van der Waals surface area contributed by atoms with Crippen molar-refractivity contribution >= 4 is 11.0 Å². The Morgan fingerprint density at radius 2 is 1.89 bits per heavy atom. The van der Waals surface area contributed by atoms with Crippen LogP contribution in [0.3, 0.4) is 0 Å². The van der Waals surface area contributed by atoms with Gasteiger partial charge in [-0.1, -0.05) is 13.0 Å². The molecule has 0 N–H and O–H groups in total. The standard InChI is InChI=1S/C20H25N5O2/c1-2-16-3-4-19-18(11-16)17(12-20(26)27-19)13-24-7-5-23(6-8-24)9-10-25-15-21-14-22-25/h3-4,11-12,14-15H,2,5-10,13H2,1H3. The van der Waals surface area contributed by atoms with Crippen molar-refractivity contribution in [2.45, 2.75) is 26.4 Å². The molecule has 0 saturated carbocycles. The first kappa shape index (κ1) is 17.9. The Kier molecular flexibility index (Phi) is 5.31. The van der Waals surface area contributed by atoms with Crippen molar-refractivity contribution in [2.24, 2.45) is 0 Å². The fourth-order valence-electron chi connectivity index (χ4n) is 3.63. The molecule has 0 radical (unpaired) electrons. The molecule has 0 aliphatic carbocycles. The van der Waals surface area contributed by atoms with Crippen LogP contribution in [0.25, 0.3) is 11.0 Å². The van der Waals surface area contributed by atoms with Crippen LogP contribution in [-0.2, 0) is 19.5 Å². The predicted octanol–water partition coefficient (Wildman–Crippen LogP) is 1.76. The lowest BCUT2D eigenvalue weighted by atomic mass is 10.0. The smallest absolute Gasteiger partial charge is 0.336 e. The molecule has 2 aromatic heterocycles. The van der Waals surface area contributed by atoms with Gasteiger partial charge in [0.15, 0.2) is 0 Å². The second-order valence-corrected chi connectivity index (χ2v) is 7.05. The third-order valence-electron chi connectivity index (χ3n) is 5.27. The minimum Gasteiger partial charge on any atom is -0.423 e. The number of nitrogens with zero attached hydrogens (tertiary/aromatic N) is 5. The van der Waals surface area contributed by atoms with Gasteiger partial charge >= 0.3 is 5.63 Å². The lowest BCUT2D eigenvalue weighted by Crippen LogP contribution is -2.46. The van der Waals surface area contributed by atoms with Crippen molar-refractivity contribution in [2.75, 3.05) is 32.7 Å². The van der Waals surface area contributed by atoms with E-state index in [9.17, 15) is 4.79 Å². The third-order valence-corrected chi connectivity index (χ3v) is 5.27. The molecular formula is C20H25N5O2. The van der Waals surface area contributed by atoms with E-state index in [1.54, 1.807) is 18.7 Å². The third kappa shape index (κ3) is 4.26. The van der Waals surface area contributed by atoms with Gasteiger partial charge < -0.3 is 4.42 Å². The maximum Gasteiger partial charge on any atom is 0.336 e. The highest BCUT2D eigenvalue weighted by molar-refractivity contribution is 5.80. The first-order chi connectivity index (χ1) is 13.2. The van der Waals surface area contributed by atoms with Crippen molar-refractivity contribution in [1.29, 1.82) is 0 Å². The molecule has 4 rings (SSSR count). The topological polar surface area (TPSA) is 67.4 Å². The largest absolute Gasteiger partial charge is 0.423 e. The number of aryl methyl sites for hydroxylation is 1. The summed E-state index contributed by atoms with van der Waals surface area (Å²) in [4.78, 5) is 20.8. The van der Waals surface area contributed by atoms with Gasteiger partial charge in [0.05, 0.1) is 6.54 Å². The molecule has 142 valence electrons. The quantitative estimate of drug-likeness (QED) is 0.619. The Morgan fingerprint density at radius 3 is 2.63 bits per heavy atom. The highest BCUT2D eigenvalue weighted by atomic mass is 16.4. The van der Waals surface area contributed by atoms with Gasteiger partial charge in [-0.05, 0) is 29.7 Å². The van der Waals surface area contributed by atoms with Crippen molar-refractivity contribution in [3.05, 3.63) is 58.5 Å². The van der Waals surface area contributed by atoms with E-state index >= 15 is 0 Å². The molecule has 7 heteroatoms. The highest BCUT2D eigenvalue weighted by Gasteiger charge is 2.18. The van der Waals surface area contributed by atoms with Crippen LogP contribution in [0.15, 0.2) is 46.1 Å². The van der Waals surface area contributed by atoms with Gasteiger partial charge in [-0.3, -0.25) is 14.5 Å². The molecule has 1 fully saturated rings. The number of rotatable bonds is 6. The molecule has 0 spiro atoms. The Bertz CT molecular complexity index is 943. The van der Waals surface area contributed by atoms with Crippen LogP contribution >= 0.6 is 0 Å². The van der Waals surface area contributed by atoms with Gasteiger partial charge in [-0.25, -0.2) is 9.78 Å². The molecule has 3 heterocycles. The van der Waals surface area contributed by atoms with Crippen molar-refractivity contribution < 1.29 is 4.42 Å². The monoisotopic (exact) mass is 367 g/mol. The van der Waals surface area contributed by atoms with E-state index in [1.165, 1.54) is 5.56 Å². The molecule has 1 aliphatic rings. The maximum atomic E-state index is 11.9. The van der Waals surface area contributed by atoms with E-state index in [2.05, 4.69) is 32.9 Å². The summed E-state index contributed by atoms with van der Waals surface area (Å²) in [5.41, 5.74) is 2.73. The second kappa shape index (κ2) is 8.02. The number of fused-ring (bicyclic) bond motifs is 1. The van der Waals surface area contributed by atoms with Gasteiger partial charge in [0.1, 0.15) is 18.2 Å². The normalized spacial score (nSPS) is 16.2. The molecule has 0 atom stereocenters. The Morgan fingerprint density at radius 1 is 1.07 bits per heavy atom. The maximum absolute atomic E-state index is 11.9. The molecule has 0 amide bonds. The molecule has 0 unspecified atom stereocenters. The number of hydrogen-bond acceptors (Lipinski definition) is 6. The van der Waals surface area contributed by atoms with Crippen LogP contribution in [0.2, 0.25) is 0 Å². The van der Waals surface area contributed by atoms with Crippen LogP contribution < -0.4 is 5.63 Å². The lowest BCUT2D eigenvalue weighted by Gasteiger charge is -2.34. The minimum absolute atomic E-state index is 0.270. The van der Waals surface area contributed by atoms with Crippen molar-refractivity contribution in [3.8, 4) is 0 Å². The van der Waals surface area contributed by atoms with Crippen LogP contribution in [0.1, 0.15) is 18.1 Å². The molecule has 0 bridgehead atoms. The zero-order valence-electron chi connectivity index (χ0n) is 15.7. The fraction of sp³-hybridized carbons (Fsp3) is 0.450. The van der Waals surface area contributed by atoms with Gasteiger partial charge in [0.25, 0.3) is 0 Å². The van der Waals surface area contributed by atoms with E-state index in [0.29, 0.717) is 5.58 Å². The van der Waals surface area contributed by atoms with Crippen LogP contribution in [-0.4, -0.2) is 57.3 Å². The summed E-state index contributed by atoms with van der Waals surface area (Å²) in [6, 6.07) is 7.75. The molecule has 3 aromatic rings. The van der Waals surface area contributed by atoms with Gasteiger partial charge in [0.2, 0.25) is 0 Å². The highest BCUT2D eigenvalue weighted by Crippen LogP contribution is 2.21. The number of hydrogen-bond donors (Lipinski definition) is 0. The van der Waals surface area contributed by atoms with E-state index in [0.717, 1.165) is 63.2 Å². The SMILES string of the molecule is CCc1ccc2oc(=O)cc(CN3CCN(CCn4cncn4)CC3)c2c1. The lowest BCUT2D eigenvalue weighted by molar-refractivity contribution is 0.123. The molecule has 1 aromatic carbocycles. The molecular weight excluding hydrogens is 342 g/mol. The van der Waals surface area contributed by atoms with Gasteiger partial charge in [-0.2, -0.15) is 5.10 Å². The molecule has 7 nitrogen and oxygen atoms in total. The van der Waals surface area contributed by atoms with Crippen molar-refractivity contribution in [3.63, 3.8) is 0 Å². The number of benzene rings is 1. The number of aromatic nitrogens is 3. The summed E-state index contributed by atoms with van der Waals surface area (Å²) in [6.45, 7) is 8.80. The summed E-state index contributed by atoms with van der Waals surface area (Å²) in [6.07, 6.45) is 4.30. The Balaban J connectivity index is 1.40. The Hall–Kier alpha value is -2.51. The van der Waals surface area contributed by atoms with Crippen LogP contribution in [0.4, 0.5) is 0 Å². The van der Waals surface area contributed by atoms with E-state index in [4.69, 9.17) is 4.42 Å².